The lowest BCUT2D eigenvalue weighted by atomic mass is 10.0. The molecule has 1 aliphatic rings. The predicted molar refractivity (Wildman–Crippen MR) is 89.2 cm³/mol. The van der Waals surface area contributed by atoms with Crippen LogP contribution >= 0.6 is 15.9 Å². The molecule has 2 heterocycles. The van der Waals surface area contributed by atoms with E-state index in [1.54, 1.807) is 17.0 Å². The molecule has 1 saturated heterocycles. The smallest absolute Gasteiger partial charge is 0.289 e. The molecule has 1 fully saturated rings. The first-order valence-electron chi connectivity index (χ1n) is 7.64. The number of amides is 2. The van der Waals surface area contributed by atoms with Crippen LogP contribution < -0.4 is 5.32 Å². The van der Waals surface area contributed by atoms with Crippen LogP contribution in [0.15, 0.2) is 45.5 Å². The average molecular weight is 395 g/mol. The van der Waals surface area contributed by atoms with Gasteiger partial charge in [-0.25, -0.2) is 4.39 Å². The van der Waals surface area contributed by atoms with Gasteiger partial charge in [0.2, 0.25) is 0 Å². The van der Waals surface area contributed by atoms with E-state index in [9.17, 15) is 14.0 Å². The van der Waals surface area contributed by atoms with Crippen LogP contribution in [0.5, 0.6) is 0 Å². The first-order valence-corrected chi connectivity index (χ1v) is 8.43. The maximum absolute atomic E-state index is 12.9. The fourth-order valence-corrected chi connectivity index (χ4v) is 2.99. The Kier molecular flexibility index (Phi) is 4.99. The van der Waals surface area contributed by atoms with Crippen LogP contribution in [-0.2, 0) is 0 Å². The Hall–Kier alpha value is -2.15. The van der Waals surface area contributed by atoms with E-state index in [1.165, 1.54) is 24.3 Å². The number of likely N-dealkylation sites (tertiary alicyclic amines) is 1. The van der Waals surface area contributed by atoms with Crippen molar-refractivity contribution < 1.29 is 18.4 Å². The summed E-state index contributed by atoms with van der Waals surface area (Å²) in [6.45, 7) is 1.09. The molecule has 1 N–H and O–H groups in total. The molecule has 1 aromatic heterocycles. The van der Waals surface area contributed by atoms with Gasteiger partial charge in [0.05, 0.1) is 0 Å². The van der Waals surface area contributed by atoms with E-state index in [-0.39, 0.29) is 23.7 Å². The molecule has 1 aromatic carbocycles. The van der Waals surface area contributed by atoms with Crippen LogP contribution in [0.3, 0.4) is 0 Å². The third-order valence-electron chi connectivity index (χ3n) is 4.01. The minimum atomic E-state index is -0.372. The minimum Gasteiger partial charge on any atom is -0.444 e. The molecule has 7 heteroatoms. The molecule has 126 valence electrons. The van der Waals surface area contributed by atoms with Crippen molar-refractivity contribution in [3.63, 3.8) is 0 Å². The van der Waals surface area contributed by atoms with E-state index in [1.807, 2.05) is 0 Å². The molecule has 0 saturated carbocycles. The van der Waals surface area contributed by atoms with Crippen molar-refractivity contribution in [2.75, 3.05) is 13.1 Å². The number of benzene rings is 1. The highest BCUT2D eigenvalue weighted by Crippen LogP contribution is 2.19. The molecule has 2 aromatic rings. The number of nitrogens with zero attached hydrogens (tertiary/aromatic N) is 1. The van der Waals surface area contributed by atoms with E-state index in [2.05, 4.69) is 21.2 Å². The maximum atomic E-state index is 12.9. The van der Waals surface area contributed by atoms with Crippen molar-refractivity contribution in [1.82, 2.24) is 10.2 Å². The monoisotopic (exact) mass is 394 g/mol. The molecule has 2 amide bonds. The number of carbonyl (C=O) groups is 2. The Morgan fingerprint density at radius 3 is 2.38 bits per heavy atom. The molecule has 0 bridgehead atoms. The maximum Gasteiger partial charge on any atom is 0.289 e. The molecular formula is C17H16BrFN2O3. The quantitative estimate of drug-likeness (QED) is 0.868. The molecular weight excluding hydrogens is 379 g/mol. The van der Waals surface area contributed by atoms with Gasteiger partial charge < -0.3 is 14.6 Å². The highest BCUT2D eigenvalue weighted by Gasteiger charge is 2.26. The summed E-state index contributed by atoms with van der Waals surface area (Å²) in [7, 11) is 0. The summed E-state index contributed by atoms with van der Waals surface area (Å²) >= 11 is 3.18. The van der Waals surface area contributed by atoms with Crippen LogP contribution in [0, 0.1) is 5.82 Å². The summed E-state index contributed by atoms with van der Waals surface area (Å²) in [6, 6.07) is 8.75. The van der Waals surface area contributed by atoms with Crippen LogP contribution in [0.4, 0.5) is 4.39 Å². The van der Waals surface area contributed by atoms with Gasteiger partial charge >= 0.3 is 0 Å². The molecule has 24 heavy (non-hydrogen) atoms. The second-order valence-electron chi connectivity index (χ2n) is 5.65. The van der Waals surface area contributed by atoms with Gasteiger partial charge in [0.15, 0.2) is 10.4 Å². The molecule has 0 spiro atoms. The largest absolute Gasteiger partial charge is 0.444 e. The zero-order valence-electron chi connectivity index (χ0n) is 12.8. The van der Waals surface area contributed by atoms with E-state index in [4.69, 9.17) is 4.42 Å². The van der Waals surface area contributed by atoms with E-state index in [0.29, 0.717) is 41.9 Å². The van der Waals surface area contributed by atoms with Crippen LogP contribution in [0.1, 0.15) is 33.8 Å². The first kappa shape index (κ1) is 16.7. The standard InChI is InChI=1S/C17H16BrFN2O3/c18-15-6-5-14(24-15)17(23)21-9-7-13(8-10-21)20-16(22)11-1-3-12(19)4-2-11/h1-6,13H,7-10H2,(H,20,22). The SMILES string of the molecule is O=C(NC1CCN(C(=O)c2ccc(Br)o2)CC1)c1ccc(F)cc1. The Morgan fingerprint density at radius 1 is 1.12 bits per heavy atom. The Bertz CT molecular complexity index is 737. The summed E-state index contributed by atoms with van der Waals surface area (Å²) in [5, 5.41) is 2.93. The van der Waals surface area contributed by atoms with Gasteiger partial charge in [0.25, 0.3) is 11.8 Å². The van der Waals surface area contributed by atoms with E-state index < -0.39 is 0 Å². The molecule has 5 nitrogen and oxygen atoms in total. The number of furan rings is 1. The predicted octanol–water partition coefficient (Wildman–Crippen LogP) is 3.22. The second kappa shape index (κ2) is 7.17. The van der Waals surface area contributed by atoms with Gasteiger partial charge in [-0.15, -0.1) is 0 Å². The third kappa shape index (κ3) is 3.84. The number of hydrogen-bond donors (Lipinski definition) is 1. The lowest BCUT2D eigenvalue weighted by Gasteiger charge is -2.31. The average Bonchev–Trinajstić information content (AvgIpc) is 3.02. The van der Waals surface area contributed by atoms with Crippen molar-refractivity contribution in [1.29, 1.82) is 0 Å². The summed E-state index contributed by atoms with van der Waals surface area (Å²) in [6.07, 6.45) is 1.33. The minimum absolute atomic E-state index is 0.00469. The highest BCUT2D eigenvalue weighted by molar-refractivity contribution is 9.10. The lowest BCUT2D eigenvalue weighted by Crippen LogP contribution is -2.46. The van der Waals surface area contributed by atoms with Crippen molar-refractivity contribution >= 4 is 27.7 Å². The molecule has 0 unspecified atom stereocenters. The molecule has 1 aliphatic heterocycles. The summed E-state index contributed by atoms with van der Waals surface area (Å²) in [5.74, 6) is -0.447. The molecule has 0 radical (unpaired) electrons. The first-order chi connectivity index (χ1) is 11.5. The van der Waals surface area contributed by atoms with Gasteiger partial charge in [0.1, 0.15) is 5.82 Å². The topological polar surface area (TPSA) is 62.6 Å². The fraction of sp³-hybridized carbons (Fsp3) is 0.294. The van der Waals surface area contributed by atoms with Crippen LogP contribution in [-0.4, -0.2) is 35.8 Å². The Morgan fingerprint density at radius 2 is 1.79 bits per heavy atom. The zero-order chi connectivity index (χ0) is 17.1. The normalized spacial score (nSPS) is 15.3. The molecule has 0 atom stereocenters. The van der Waals surface area contributed by atoms with Crippen molar-refractivity contribution in [3.05, 3.63) is 58.2 Å². The number of hydrogen-bond acceptors (Lipinski definition) is 3. The van der Waals surface area contributed by atoms with E-state index >= 15 is 0 Å². The number of nitrogens with one attached hydrogen (secondary N) is 1. The summed E-state index contributed by atoms with van der Waals surface area (Å²) in [5.41, 5.74) is 0.426. The summed E-state index contributed by atoms with van der Waals surface area (Å²) < 4.78 is 18.7. The fourth-order valence-electron chi connectivity index (χ4n) is 2.68. The molecule has 3 rings (SSSR count). The second-order valence-corrected chi connectivity index (χ2v) is 6.43. The lowest BCUT2D eigenvalue weighted by molar-refractivity contribution is 0.0666. The van der Waals surface area contributed by atoms with Crippen LogP contribution in [0.25, 0.3) is 0 Å². The Balaban J connectivity index is 1.52. The molecule has 0 aliphatic carbocycles. The van der Waals surface area contributed by atoms with Crippen LogP contribution in [0.2, 0.25) is 0 Å². The highest BCUT2D eigenvalue weighted by atomic mass is 79.9. The third-order valence-corrected chi connectivity index (χ3v) is 4.43. The van der Waals surface area contributed by atoms with Gasteiger partial charge in [-0.3, -0.25) is 9.59 Å². The number of piperidine rings is 1. The van der Waals surface area contributed by atoms with E-state index in [0.717, 1.165) is 0 Å². The van der Waals surface area contributed by atoms with Crippen molar-refractivity contribution in [2.45, 2.75) is 18.9 Å². The Labute approximate surface area is 146 Å². The van der Waals surface area contributed by atoms with Gasteiger partial charge in [0, 0.05) is 24.7 Å². The summed E-state index contributed by atoms with van der Waals surface area (Å²) in [4.78, 5) is 26.1. The number of halogens is 2. The zero-order valence-corrected chi connectivity index (χ0v) is 14.4. The van der Waals surface area contributed by atoms with Crippen molar-refractivity contribution in [2.24, 2.45) is 0 Å². The number of rotatable bonds is 3. The van der Waals surface area contributed by atoms with Crippen molar-refractivity contribution in [3.8, 4) is 0 Å². The van der Waals surface area contributed by atoms with Gasteiger partial charge in [-0.1, -0.05) is 0 Å². The number of carbonyl (C=O) groups excluding carboxylic acids is 2. The van der Waals surface area contributed by atoms with Gasteiger partial charge in [-0.05, 0) is 65.2 Å². The van der Waals surface area contributed by atoms with Gasteiger partial charge in [-0.2, -0.15) is 0 Å².